The molecule has 1 aromatic carbocycles. The Morgan fingerprint density at radius 2 is 2.06 bits per heavy atom. The third kappa shape index (κ3) is 4.73. The van der Waals surface area contributed by atoms with Crippen molar-refractivity contribution in [1.82, 2.24) is 5.32 Å². The Labute approximate surface area is 107 Å². The summed E-state index contributed by atoms with van der Waals surface area (Å²) in [4.78, 5) is 11.4. The maximum Gasteiger partial charge on any atom is 0.221 e. The molecule has 0 radical (unpaired) electrons. The lowest BCUT2D eigenvalue weighted by atomic mass is 10.1. The molecular weight excluding hydrogens is 232 g/mol. The average Bonchev–Trinajstić information content (AvgIpc) is 2.35. The van der Waals surface area contributed by atoms with Crippen molar-refractivity contribution in [3.8, 4) is 5.75 Å². The topological polar surface area (TPSA) is 84.6 Å². The molecule has 0 aromatic heterocycles. The van der Waals surface area contributed by atoms with Crippen LogP contribution in [0.15, 0.2) is 24.3 Å². The van der Waals surface area contributed by atoms with Crippen LogP contribution in [-0.4, -0.2) is 30.7 Å². The minimum Gasteiger partial charge on any atom is -0.497 e. The van der Waals surface area contributed by atoms with Crippen LogP contribution in [0.2, 0.25) is 0 Å². The summed E-state index contributed by atoms with van der Waals surface area (Å²) >= 11 is 0. The van der Waals surface area contributed by atoms with Crippen LogP contribution < -0.4 is 15.8 Å². The summed E-state index contributed by atoms with van der Waals surface area (Å²) in [5, 5.41) is 12.5. The van der Waals surface area contributed by atoms with Crippen LogP contribution in [0.3, 0.4) is 0 Å². The molecule has 0 heterocycles. The summed E-state index contributed by atoms with van der Waals surface area (Å²) < 4.78 is 5.03. The van der Waals surface area contributed by atoms with Crippen LogP contribution in [-0.2, 0) is 4.79 Å². The van der Waals surface area contributed by atoms with Crippen LogP contribution in [0.25, 0.3) is 0 Å². The minimum atomic E-state index is -0.729. The van der Waals surface area contributed by atoms with Gasteiger partial charge in [0.05, 0.1) is 13.2 Å². The van der Waals surface area contributed by atoms with E-state index >= 15 is 0 Å². The zero-order valence-corrected chi connectivity index (χ0v) is 10.7. The first-order chi connectivity index (χ1) is 8.52. The van der Waals surface area contributed by atoms with Crippen LogP contribution >= 0.6 is 0 Å². The van der Waals surface area contributed by atoms with Crippen LogP contribution in [0.4, 0.5) is 0 Å². The van der Waals surface area contributed by atoms with Gasteiger partial charge >= 0.3 is 0 Å². The van der Waals surface area contributed by atoms with E-state index in [0.29, 0.717) is 0 Å². The highest BCUT2D eigenvalue weighted by Gasteiger charge is 2.10. The number of benzene rings is 1. The maximum absolute atomic E-state index is 11.4. The fourth-order valence-corrected chi connectivity index (χ4v) is 1.52. The molecule has 1 aromatic rings. The van der Waals surface area contributed by atoms with Crippen LogP contribution in [0.1, 0.15) is 25.0 Å². The number of rotatable bonds is 6. The van der Waals surface area contributed by atoms with Gasteiger partial charge in [0.2, 0.25) is 5.91 Å². The third-order valence-electron chi connectivity index (χ3n) is 2.50. The molecule has 2 unspecified atom stereocenters. The Bertz CT molecular complexity index is 376. The van der Waals surface area contributed by atoms with E-state index in [-0.39, 0.29) is 24.9 Å². The molecule has 2 atom stereocenters. The number of amides is 1. The van der Waals surface area contributed by atoms with Gasteiger partial charge in [-0.05, 0) is 24.6 Å². The van der Waals surface area contributed by atoms with E-state index in [1.54, 1.807) is 38.3 Å². The monoisotopic (exact) mass is 252 g/mol. The number of aliphatic hydroxyl groups excluding tert-OH is 1. The lowest BCUT2D eigenvalue weighted by molar-refractivity contribution is -0.121. The molecule has 18 heavy (non-hydrogen) atoms. The number of carbonyl (C=O) groups excluding carboxylic acids is 1. The highest BCUT2D eigenvalue weighted by atomic mass is 16.5. The number of nitrogens with two attached hydrogens (primary N) is 1. The highest BCUT2D eigenvalue weighted by molar-refractivity contribution is 5.76. The Morgan fingerprint density at radius 1 is 1.44 bits per heavy atom. The van der Waals surface area contributed by atoms with Crippen molar-refractivity contribution in [1.29, 1.82) is 0 Å². The largest absolute Gasteiger partial charge is 0.497 e. The van der Waals surface area contributed by atoms with Crippen molar-refractivity contribution in [2.24, 2.45) is 5.73 Å². The second-order valence-corrected chi connectivity index (χ2v) is 4.27. The fraction of sp³-hybridized carbons (Fsp3) is 0.462. The second-order valence-electron chi connectivity index (χ2n) is 4.27. The Kier molecular flexibility index (Phi) is 5.61. The van der Waals surface area contributed by atoms with Gasteiger partial charge in [-0.2, -0.15) is 0 Å². The summed E-state index contributed by atoms with van der Waals surface area (Å²) in [5.41, 5.74) is 6.24. The third-order valence-corrected chi connectivity index (χ3v) is 2.50. The molecule has 1 amide bonds. The number of ether oxygens (including phenoxy) is 1. The molecule has 0 saturated carbocycles. The lowest BCUT2D eigenvalue weighted by Crippen LogP contribution is -2.32. The van der Waals surface area contributed by atoms with Crippen molar-refractivity contribution in [2.75, 3.05) is 13.7 Å². The Morgan fingerprint density at radius 3 is 2.56 bits per heavy atom. The van der Waals surface area contributed by atoms with Crippen molar-refractivity contribution in [3.05, 3.63) is 29.8 Å². The van der Waals surface area contributed by atoms with E-state index in [1.165, 1.54) is 0 Å². The molecule has 0 saturated heterocycles. The molecule has 0 spiro atoms. The quantitative estimate of drug-likeness (QED) is 0.691. The zero-order chi connectivity index (χ0) is 13.5. The second kappa shape index (κ2) is 6.98. The zero-order valence-electron chi connectivity index (χ0n) is 10.7. The van der Waals surface area contributed by atoms with Gasteiger partial charge in [-0.25, -0.2) is 0 Å². The number of aliphatic hydroxyl groups is 1. The van der Waals surface area contributed by atoms with Gasteiger partial charge in [-0.1, -0.05) is 12.1 Å². The van der Waals surface area contributed by atoms with Crippen LogP contribution in [0.5, 0.6) is 5.75 Å². The van der Waals surface area contributed by atoms with Gasteiger partial charge in [0.15, 0.2) is 0 Å². The molecule has 5 nitrogen and oxygen atoms in total. The number of nitrogens with one attached hydrogen (secondary N) is 1. The number of hydrogen-bond donors (Lipinski definition) is 3. The molecule has 0 fully saturated rings. The van der Waals surface area contributed by atoms with Gasteiger partial charge in [0.25, 0.3) is 0 Å². The standard InChI is InChI=1S/C13H20N2O3/c1-9(14)7-13(17)15-8-12(16)10-3-5-11(18-2)6-4-10/h3-6,9,12,16H,7-8,14H2,1-2H3,(H,15,17). The van der Waals surface area contributed by atoms with Crippen molar-refractivity contribution in [2.45, 2.75) is 25.5 Å². The van der Waals surface area contributed by atoms with E-state index in [0.717, 1.165) is 11.3 Å². The van der Waals surface area contributed by atoms with Crippen molar-refractivity contribution in [3.63, 3.8) is 0 Å². The summed E-state index contributed by atoms with van der Waals surface area (Å²) in [7, 11) is 1.58. The first kappa shape index (κ1) is 14.5. The molecule has 5 heteroatoms. The van der Waals surface area contributed by atoms with Gasteiger partial charge < -0.3 is 20.9 Å². The molecule has 4 N–H and O–H groups in total. The normalized spacial score (nSPS) is 13.8. The van der Waals surface area contributed by atoms with Gasteiger partial charge in [0, 0.05) is 19.0 Å². The summed E-state index contributed by atoms with van der Waals surface area (Å²) in [5.74, 6) is 0.574. The molecule has 100 valence electrons. The number of carbonyl (C=O) groups is 1. The summed E-state index contributed by atoms with van der Waals surface area (Å²) in [6, 6.07) is 6.88. The van der Waals surface area contributed by atoms with Crippen molar-refractivity contribution < 1.29 is 14.6 Å². The van der Waals surface area contributed by atoms with Crippen LogP contribution in [0, 0.1) is 0 Å². The summed E-state index contributed by atoms with van der Waals surface area (Å²) in [6.45, 7) is 1.94. The molecule has 0 aliphatic rings. The number of methoxy groups -OCH3 is 1. The summed E-state index contributed by atoms with van der Waals surface area (Å²) in [6.07, 6.45) is -0.470. The van der Waals surface area contributed by atoms with E-state index in [1.807, 2.05) is 0 Å². The minimum absolute atomic E-state index is 0.155. The van der Waals surface area contributed by atoms with E-state index in [9.17, 15) is 9.90 Å². The Balaban J connectivity index is 2.44. The molecule has 1 rings (SSSR count). The SMILES string of the molecule is COc1ccc(C(O)CNC(=O)CC(C)N)cc1. The average molecular weight is 252 g/mol. The number of hydrogen-bond acceptors (Lipinski definition) is 4. The van der Waals surface area contributed by atoms with E-state index < -0.39 is 6.10 Å². The van der Waals surface area contributed by atoms with Crippen molar-refractivity contribution >= 4 is 5.91 Å². The molecule has 0 aliphatic carbocycles. The fourth-order valence-electron chi connectivity index (χ4n) is 1.52. The van der Waals surface area contributed by atoms with E-state index in [4.69, 9.17) is 10.5 Å². The first-order valence-corrected chi connectivity index (χ1v) is 5.87. The molecule has 0 bridgehead atoms. The predicted octanol–water partition coefficient (Wildman–Crippen LogP) is 0.582. The lowest BCUT2D eigenvalue weighted by Gasteiger charge is -2.13. The molecule has 0 aliphatic heterocycles. The maximum atomic E-state index is 11.4. The first-order valence-electron chi connectivity index (χ1n) is 5.87. The van der Waals surface area contributed by atoms with Gasteiger partial charge in [-0.15, -0.1) is 0 Å². The van der Waals surface area contributed by atoms with Gasteiger partial charge in [0.1, 0.15) is 5.75 Å². The smallest absolute Gasteiger partial charge is 0.221 e. The Hall–Kier alpha value is -1.59. The van der Waals surface area contributed by atoms with Gasteiger partial charge in [-0.3, -0.25) is 4.79 Å². The predicted molar refractivity (Wildman–Crippen MR) is 69.2 cm³/mol. The highest BCUT2D eigenvalue weighted by Crippen LogP contribution is 2.16. The molecular formula is C13H20N2O3. The van der Waals surface area contributed by atoms with E-state index in [2.05, 4.69) is 5.32 Å².